The third-order valence-electron chi connectivity index (χ3n) is 2.78. The van der Waals surface area contributed by atoms with Crippen LogP contribution >= 0.6 is 11.8 Å². The molecule has 0 N–H and O–H groups in total. The molecule has 0 saturated carbocycles. The fraction of sp³-hybridized carbons (Fsp3) is 0.462. The number of methoxy groups -OCH3 is 1. The molecule has 0 atom stereocenters. The van der Waals surface area contributed by atoms with Crippen molar-refractivity contribution >= 4 is 22.8 Å². The van der Waals surface area contributed by atoms with Crippen molar-refractivity contribution in [3.05, 3.63) is 18.2 Å². The molecule has 0 aliphatic carbocycles. The van der Waals surface area contributed by atoms with Crippen molar-refractivity contribution in [2.75, 3.05) is 12.9 Å². The second-order valence-electron chi connectivity index (χ2n) is 4.01. The first kappa shape index (κ1) is 12.3. The standard InChI is InChI=1S/C13H18N2OS/c1-4-5-8-17-13-14-11-9-10(16-3)6-7-12(11)15(13)2/h6-7,9H,4-5,8H2,1-3H3. The molecule has 0 fully saturated rings. The van der Waals surface area contributed by atoms with Crippen LogP contribution in [-0.2, 0) is 7.05 Å². The van der Waals surface area contributed by atoms with Crippen LogP contribution in [0, 0.1) is 0 Å². The summed E-state index contributed by atoms with van der Waals surface area (Å²) in [6.07, 6.45) is 2.46. The third-order valence-corrected chi connectivity index (χ3v) is 3.89. The summed E-state index contributed by atoms with van der Waals surface area (Å²) >= 11 is 1.82. The topological polar surface area (TPSA) is 27.1 Å². The first-order chi connectivity index (χ1) is 8.26. The smallest absolute Gasteiger partial charge is 0.168 e. The molecular weight excluding hydrogens is 232 g/mol. The van der Waals surface area contributed by atoms with E-state index in [1.54, 1.807) is 7.11 Å². The molecular formula is C13H18N2OS. The summed E-state index contributed by atoms with van der Waals surface area (Å²) in [6.45, 7) is 2.21. The minimum Gasteiger partial charge on any atom is -0.497 e. The van der Waals surface area contributed by atoms with E-state index in [1.807, 2.05) is 23.9 Å². The highest BCUT2D eigenvalue weighted by atomic mass is 32.2. The van der Waals surface area contributed by atoms with Gasteiger partial charge in [0.25, 0.3) is 0 Å². The zero-order valence-electron chi connectivity index (χ0n) is 10.6. The Morgan fingerprint density at radius 3 is 2.94 bits per heavy atom. The molecule has 0 radical (unpaired) electrons. The Morgan fingerprint density at radius 1 is 1.41 bits per heavy atom. The van der Waals surface area contributed by atoms with Gasteiger partial charge in [-0.05, 0) is 18.6 Å². The molecule has 3 nitrogen and oxygen atoms in total. The molecule has 2 aromatic rings. The Labute approximate surface area is 106 Å². The van der Waals surface area contributed by atoms with Gasteiger partial charge in [-0.2, -0.15) is 0 Å². The van der Waals surface area contributed by atoms with Gasteiger partial charge in [-0.15, -0.1) is 0 Å². The SMILES string of the molecule is CCCCSc1nc2cc(OC)ccc2n1C. The summed E-state index contributed by atoms with van der Waals surface area (Å²) in [5.74, 6) is 1.99. The van der Waals surface area contributed by atoms with Crippen molar-refractivity contribution < 1.29 is 4.74 Å². The zero-order valence-corrected chi connectivity index (χ0v) is 11.4. The van der Waals surface area contributed by atoms with Crippen LogP contribution in [0.4, 0.5) is 0 Å². The molecule has 0 spiro atoms. The summed E-state index contributed by atoms with van der Waals surface area (Å²) in [4.78, 5) is 4.64. The largest absolute Gasteiger partial charge is 0.497 e. The normalized spacial score (nSPS) is 11.0. The molecule has 0 saturated heterocycles. The van der Waals surface area contributed by atoms with E-state index in [9.17, 15) is 0 Å². The second kappa shape index (κ2) is 5.45. The average molecular weight is 250 g/mol. The number of hydrogen-bond donors (Lipinski definition) is 0. The minimum absolute atomic E-state index is 0.862. The van der Waals surface area contributed by atoms with E-state index >= 15 is 0 Å². The van der Waals surface area contributed by atoms with Crippen molar-refractivity contribution in [2.45, 2.75) is 24.9 Å². The number of hydrogen-bond acceptors (Lipinski definition) is 3. The lowest BCUT2D eigenvalue weighted by atomic mass is 10.3. The lowest BCUT2D eigenvalue weighted by Gasteiger charge is -2.01. The van der Waals surface area contributed by atoms with Gasteiger partial charge in [-0.1, -0.05) is 25.1 Å². The van der Waals surface area contributed by atoms with Gasteiger partial charge in [-0.3, -0.25) is 0 Å². The maximum absolute atomic E-state index is 5.21. The van der Waals surface area contributed by atoms with Gasteiger partial charge in [0.15, 0.2) is 5.16 Å². The number of unbranched alkanes of at least 4 members (excludes halogenated alkanes) is 1. The monoisotopic (exact) mass is 250 g/mol. The first-order valence-electron chi connectivity index (χ1n) is 5.89. The Kier molecular flexibility index (Phi) is 3.94. The van der Waals surface area contributed by atoms with Crippen LogP contribution in [0.1, 0.15) is 19.8 Å². The molecule has 0 bridgehead atoms. The molecule has 1 aromatic heterocycles. The highest BCUT2D eigenvalue weighted by Gasteiger charge is 2.08. The van der Waals surface area contributed by atoms with Crippen LogP contribution in [0.3, 0.4) is 0 Å². The van der Waals surface area contributed by atoms with E-state index in [1.165, 1.54) is 12.8 Å². The number of imidazole rings is 1. The van der Waals surface area contributed by atoms with Crippen LogP contribution in [-0.4, -0.2) is 22.4 Å². The van der Waals surface area contributed by atoms with E-state index in [2.05, 4.69) is 29.6 Å². The predicted molar refractivity (Wildman–Crippen MR) is 72.9 cm³/mol. The fourth-order valence-corrected chi connectivity index (χ4v) is 2.79. The van der Waals surface area contributed by atoms with E-state index in [0.29, 0.717) is 0 Å². The lowest BCUT2D eigenvalue weighted by Crippen LogP contribution is -1.91. The van der Waals surface area contributed by atoms with Crippen molar-refractivity contribution in [1.82, 2.24) is 9.55 Å². The van der Waals surface area contributed by atoms with Gasteiger partial charge in [-0.25, -0.2) is 4.98 Å². The molecule has 1 aromatic carbocycles. The summed E-state index contributed by atoms with van der Waals surface area (Å²) in [5, 5.41) is 1.08. The summed E-state index contributed by atoms with van der Waals surface area (Å²) in [5.41, 5.74) is 2.16. The zero-order chi connectivity index (χ0) is 12.3. The molecule has 4 heteroatoms. The Bertz CT molecular complexity index is 507. The molecule has 2 rings (SSSR count). The van der Waals surface area contributed by atoms with Crippen LogP contribution in [0.2, 0.25) is 0 Å². The highest BCUT2D eigenvalue weighted by molar-refractivity contribution is 7.99. The number of aromatic nitrogens is 2. The quantitative estimate of drug-likeness (QED) is 0.600. The van der Waals surface area contributed by atoms with Crippen LogP contribution in [0.15, 0.2) is 23.4 Å². The molecule has 0 aliphatic heterocycles. The maximum atomic E-state index is 5.21. The van der Waals surface area contributed by atoms with E-state index < -0.39 is 0 Å². The van der Waals surface area contributed by atoms with E-state index in [0.717, 1.165) is 27.7 Å². The predicted octanol–water partition coefficient (Wildman–Crippen LogP) is 3.47. The van der Waals surface area contributed by atoms with Gasteiger partial charge in [0, 0.05) is 18.9 Å². The van der Waals surface area contributed by atoms with Crippen molar-refractivity contribution in [1.29, 1.82) is 0 Å². The fourth-order valence-electron chi connectivity index (χ4n) is 1.72. The van der Waals surface area contributed by atoms with Gasteiger partial charge >= 0.3 is 0 Å². The first-order valence-corrected chi connectivity index (χ1v) is 6.88. The van der Waals surface area contributed by atoms with Crippen LogP contribution < -0.4 is 4.74 Å². The number of nitrogens with zero attached hydrogens (tertiary/aromatic N) is 2. The molecule has 0 amide bonds. The third kappa shape index (κ3) is 2.57. The molecule has 1 heterocycles. The molecule has 17 heavy (non-hydrogen) atoms. The molecule has 0 aliphatic rings. The second-order valence-corrected chi connectivity index (χ2v) is 5.07. The average Bonchev–Trinajstić information content (AvgIpc) is 2.66. The number of rotatable bonds is 5. The number of aryl methyl sites for hydroxylation is 1. The van der Waals surface area contributed by atoms with Gasteiger partial charge in [0.05, 0.1) is 18.1 Å². The van der Waals surface area contributed by atoms with Gasteiger partial charge in [0.1, 0.15) is 5.75 Å². The lowest BCUT2D eigenvalue weighted by molar-refractivity contribution is 0.415. The summed E-state index contributed by atoms with van der Waals surface area (Å²) in [7, 11) is 3.75. The number of fused-ring (bicyclic) bond motifs is 1. The summed E-state index contributed by atoms with van der Waals surface area (Å²) < 4.78 is 7.36. The van der Waals surface area contributed by atoms with Gasteiger partial charge < -0.3 is 9.30 Å². The maximum Gasteiger partial charge on any atom is 0.168 e. The summed E-state index contributed by atoms with van der Waals surface area (Å²) in [6, 6.07) is 6.02. The molecule has 0 unspecified atom stereocenters. The van der Waals surface area contributed by atoms with Crippen molar-refractivity contribution in [2.24, 2.45) is 7.05 Å². The number of ether oxygens (including phenoxy) is 1. The number of benzene rings is 1. The Balaban J connectivity index is 2.28. The van der Waals surface area contributed by atoms with E-state index in [-0.39, 0.29) is 0 Å². The Hall–Kier alpha value is -1.16. The van der Waals surface area contributed by atoms with Crippen LogP contribution in [0.5, 0.6) is 5.75 Å². The van der Waals surface area contributed by atoms with E-state index in [4.69, 9.17) is 4.74 Å². The minimum atomic E-state index is 0.862. The van der Waals surface area contributed by atoms with Crippen molar-refractivity contribution in [3.63, 3.8) is 0 Å². The van der Waals surface area contributed by atoms with Gasteiger partial charge in [0.2, 0.25) is 0 Å². The Morgan fingerprint density at radius 2 is 2.24 bits per heavy atom. The van der Waals surface area contributed by atoms with Crippen LogP contribution in [0.25, 0.3) is 11.0 Å². The number of thioether (sulfide) groups is 1. The van der Waals surface area contributed by atoms with Crippen molar-refractivity contribution in [3.8, 4) is 5.75 Å². The highest BCUT2D eigenvalue weighted by Crippen LogP contribution is 2.26. The molecule has 92 valence electrons.